The average Bonchev–Trinajstić information content (AvgIpc) is 3.22. The van der Waals surface area contributed by atoms with E-state index in [2.05, 4.69) is 9.72 Å². The Labute approximate surface area is 125 Å². The number of aliphatic hydroxyl groups excluding tert-OH is 2. The highest BCUT2D eigenvalue weighted by molar-refractivity contribution is 5.86. The van der Waals surface area contributed by atoms with Crippen LogP contribution in [0.1, 0.15) is 12.0 Å². The smallest absolute Gasteiger partial charge is 0.330 e. The van der Waals surface area contributed by atoms with Gasteiger partial charge in [0.2, 0.25) is 0 Å². The molecule has 1 saturated carbocycles. The van der Waals surface area contributed by atoms with E-state index in [1.54, 1.807) is 0 Å². The van der Waals surface area contributed by atoms with Crippen LogP contribution >= 0.6 is 0 Å². The summed E-state index contributed by atoms with van der Waals surface area (Å²) in [6, 6.07) is 0. The van der Waals surface area contributed by atoms with E-state index in [9.17, 15) is 24.6 Å². The topological polar surface area (TPSA) is 122 Å². The molecule has 1 heterocycles. The molecule has 8 heteroatoms. The fraction of sp³-hybridized carbons (Fsp3) is 0.500. The number of nitrogens with one attached hydrogen (secondary N) is 1. The summed E-state index contributed by atoms with van der Waals surface area (Å²) in [5, 5.41) is 18.6. The third kappa shape index (κ3) is 3.18. The lowest BCUT2D eigenvalue weighted by molar-refractivity contribution is -0.134. The van der Waals surface area contributed by atoms with E-state index in [1.807, 2.05) is 0 Å². The zero-order valence-electron chi connectivity index (χ0n) is 12.1. The van der Waals surface area contributed by atoms with Gasteiger partial charge in [0.15, 0.2) is 0 Å². The van der Waals surface area contributed by atoms with Crippen LogP contribution in [0.2, 0.25) is 0 Å². The minimum atomic E-state index is -0.619. The Morgan fingerprint density at radius 1 is 1.55 bits per heavy atom. The van der Waals surface area contributed by atoms with Gasteiger partial charge in [0.05, 0.1) is 19.3 Å². The second-order valence-corrected chi connectivity index (χ2v) is 5.43. The molecule has 1 aromatic rings. The number of carbonyl (C=O) groups excluding carboxylic acids is 1. The quantitative estimate of drug-likeness (QED) is 0.444. The number of nitrogens with zero attached hydrogens (tertiary/aromatic N) is 1. The molecule has 2 atom stereocenters. The number of hydrogen-bond donors (Lipinski definition) is 3. The van der Waals surface area contributed by atoms with Crippen molar-refractivity contribution in [3.8, 4) is 0 Å². The van der Waals surface area contributed by atoms with Crippen molar-refractivity contribution in [3.63, 3.8) is 0 Å². The summed E-state index contributed by atoms with van der Waals surface area (Å²) in [7, 11) is 1.21. The molecule has 0 unspecified atom stereocenters. The number of aliphatic hydroxyl groups is 2. The maximum atomic E-state index is 11.9. The molecule has 1 aliphatic rings. The summed E-state index contributed by atoms with van der Waals surface area (Å²) >= 11 is 0. The van der Waals surface area contributed by atoms with Crippen LogP contribution in [0.25, 0.3) is 6.08 Å². The van der Waals surface area contributed by atoms with Gasteiger partial charge in [-0.2, -0.15) is 0 Å². The van der Waals surface area contributed by atoms with Crippen molar-refractivity contribution in [2.45, 2.75) is 13.0 Å². The van der Waals surface area contributed by atoms with Crippen LogP contribution < -0.4 is 11.2 Å². The number of carbonyl (C=O) groups is 1. The van der Waals surface area contributed by atoms with Crippen molar-refractivity contribution in [1.29, 1.82) is 0 Å². The van der Waals surface area contributed by atoms with Crippen molar-refractivity contribution < 1.29 is 19.7 Å². The number of aromatic amines is 1. The van der Waals surface area contributed by atoms with Gasteiger partial charge in [0.25, 0.3) is 5.56 Å². The number of hydrogen-bond acceptors (Lipinski definition) is 6. The molecule has 1 fully saturated rings. The predicted octanol–water partition coefficient (Wildman–Crippen LogP) is -1.29. The van der Waals surface area contributed by atoms with Gasteiger partial charge in [-0.15, -0.1) is 0 Å². The van der Waals surface area contributed by atoms with Gasteiger partial charge in [-0.1, -0.05) is 0 Å². The van der Waals surface area contributed by atoms with E-state index in [4.69, 9.17) is 0 Å². The zero-order valence-corrected chi connectivity index (χ0v) is 12.1. The Morgan fingerprint density at radius 3 is 2.82 bits per heavy atom. The molecule has 0 bridgehead atoms. The monoisotopic (exact) mass is 310 g/mol. The summed E-state index contributed by atoms with van der Waals surface area (Å²) in [5.74, 6) is -0.683. The SMILES string of the molecule is COC(=O)C=Cc1cn(C[C@]2(CO)C[C@H]2CO)c(=O)[nH]c1=O. The number of esters is 1. The van der Waals surface area contributed by atoms with Gasteiger partial charge in [-0.05, 0) is 18.4 Å². The van der Waals surface area contributed by atoms with Crippen LogP contribution in [-0.4, -0.2) is 46.1 Å². The molecule has 2 rings (SSSR count). The largest absolute Gasteiger partial charge is 0.466 e. The first-order chi connectivity index (χ1) is 10.5. The maximum absolute atomic E-state index is 11.9. The van der Waals surface area contributed by atoms with Crippen molar-refractivity contribution >= 4 is 12.0 Å². The Kier molecular flexibility index (Phi) is 4.62. The van der Waals surface area contributed by atoms with E-state index in [0.717, 1.165) is 6.08 Å². The first-order valence-corrected chi connectivity index (χ1v) is 6.77. The van der Waals surface area contributed by atoms with Gasteiger partial charge in [-0.3, -0.25) is 14.3 Å². The van der Waals surface area contributed by atoms with Crippen LogP contribution in [0.5, 0.6) is 0 Å². The number of rotatable bonds is 6. The molecule has 0 radical (unpaired) electrons. The lowest BCUT2D eigenvalue weighted by atomic mass is 10.1. The molecule has 8 nitrogen and oxygen atoms in total. The van der Waals surface area contributed by atoms with Crippen molar-refractivity contribution in [2.75, 3.05) is 20.3 Å². The Balaban J connectivity index is 2.29. The number of H-pyrrole nitrogens is 1. The van der Waals surface area contributed by atoms with Crippen molar-refractivity contribution in [1.82, 2.24) is 9.55 Å². The highest BCUT2D eigenvalue weighted by atomic mass is 16.5. The van der Waals surface area contributed by atoms with Gasteiger partial charge in [0, 0.05) is 30.8 Å². The van der Waals surface area contributed by atoms with Gasteiger partial charge in [0.1, 0.15) is 0 Å². The average molecular weight is 310 g/mol. The van der Waals surface area contributed by atoms with Crippen LogP contribution in [-0.2, 0) is 16.1 Å². The van der Waals surface area contributed by atoms with Crippen molar-refractivity contribution in [3.05, 3.63) is 38.7 Å². The van der Waals surface area contributed by atoms with E-state index >= 15 is 0 Å². The zero-order chi connectivity index (χ0) is 16.3. The minimum Gasteiger partial charge on any atom is -0.466 e. The molecule has 1 aliphatic carbocycles. The molecule has 120 valence electrons. The number of aromatic nitrogens is 2. The number of ether oxygens (including phenoxy) is 1. The third-order valence-electron chi connectivity index (χ3n) is 4.02. The van der Waals surface area contributed by atoms with E-state index in [-0.39, 0.29) is 31.2 Å². The Hall–Kier alpha value is -2.19. The summed E-state index contributed by atoms with van der Waals surface area (Å²) in [4.78, 5) is 36.8. The van der Waals surface area contributed by atoms with Gasteiger partial charge >= 0.3 is 11.7 Å². The second kappa shape index (κ2) is 6.29. The second-order valence-electron chi connectivity index (χ2n) is 5.43. The molecule has 0 aromatic carbocycles. The van der Waals surface area contributed by atoms with Crippen molar-refractivity contribution in [2.24, 2.45) is 11.3 Å². The Morgan fingerprint density at radius 2 is 2.27 bits per heavy atom. The third-order valence-corrected chi connectivity index (χ3v) is 4.02. The highest BCUT2D eigenvalue weighted by Crippen LogP contribution is 2.52. The van der Waals surface area contributed by atoms with E-state index in [1.165, 1.54) is 23.9 Å². The Bertz CT molecular complexity index is 704. The summed E-state index contributed by atoms with van der Waals surface area (Å²) in [5.41, 5.74) is -1.63. The van der Waals surface area contributed by atoms with E-state index < -0.39 is 22.6 Å². The summed E-state index contributed by atoms with van der Waals surface area (Å²) in [6.45, 7) is -0.0334. The van der Waals surface area contributed by atoms with E-state index in [0.29, 0.717) is 6.42 Å². The summed E-state index contributed by atoms with van der Waals surface area (Å²) in [6.07, 6.45) is 4.27. The molecule has 22 heavy (non-hydrogen) atoms. The summed E-state index contributed by atoms with van der Waals surface area (Å²) < 4.78 is 5.70. The maximum Gasteiger partial charge on any atom is 0.330 e. The first-order valence-electron chi connectivity index (χ1n) is 6.77. The van der Waals surface area contributed by atoms with Crippen LogP contribution in [0.15, 0.2) is 21.9 Å². The molecular formula is C14H18N2O6. The van der Waals surface area contributed by atoms with Gasteiger partial charge < -0.3 is 14.9 Å². The molecular weight excluding hydrogens is 292 g/mol. The normalized spacial score (nSPS) is 23.7. The van der Waals surface area contributed by atoms with Crippen LogP contribution in [0.3, 0.4) is 0 Å². The first kappa shape index (κ1) is 16.2. The molecule has 3 N–H and O–H groups in total. The fourth-order valence-electron chi connectivity index (χ4n) is 2.45. The predicted molar refractivity (Wildman–Crippen MR) is 77.1 cm³/mol. The molecule has 1 aromatic heterocycles. The molecule has 0 saturated heterocycles. The molecule has 0 aliphatic heterocycles. The van der Waals surface area contributed by atoms with Gasteiger partial charge in [-0.25, -0.2) is 9.59 Å². The molecule has 0 spiro atoms. The lowest BCUT2D eigenvalue weighted by Crippen LogP contribution is -2.34. The van der Waals surface area contributed by atoms with Crippen LogP contribution in [0, 0.1) is 11.3 Å². The van der Waals surface area contributed by atoms with Crippen LogP contribution in [0.4, 0.5) is 0 Å². The number of methoxy groups -OCH3 is 1. The molecule has 0 amide bonds. The highest BCUT2D eigenvalue weighted by Gasteiger charge is 2.53. The standard InChI is InChI=1S/C14H18N2O6/c1-22-11(19)3-2-9-5-16(13(21)15-12(9)20)7-14(8-18)4-10(14)6-17/h2-3,5,10,17-18H,4,6-8H2,1H3,(H,15,20,21)/t10-,14-/m0/s1. The lowest BCUT2D eigenvalue weighted by Gasteiger charge is -2.15. The fourth-order valence-corrected chi connectivity index (χ4v) is 2.45. The minimum absolute atomic E-state index is 0.0617.